The van der Waals surface area contributed by atoms with Crippen molar-refractivity contribution in [3.63, 3.8) is 0 Å². The molecule has 266 valence electrons. The van der Waals surface area contributed by atoms with Crippen molar-refractivity contribution in [2.75, 3.05) is 37.9 Å². The molecule has 2 rings (SSSR count). The lowest BCUT2D eigenvalue weighted by atomic mass is 9.99. The van der Waals surface area contributed by atoms with Crippen LogP contribution in [0.15, 0.2) is 41.3 Å². The van der Waals surface area contributed by atoms with Crippen LogP contribution in [0.25, 0.3) is 10.8 Å². The number of nitrogens with one attached hydrogen (secondary N) is 5. The van der Waals surface area contributed by atoms with Gasteiger partial charge in [0, 0.05) is 36.3 Å². The summed E-state index contributed by atoms with van der Waals surface area (Å²) in [6, 6.07) is 4.90. The number of fused-ring (bicyclic) bond motifs is 1. The van der Waals surface area contributed by atoms with E-state index in [9.17, 15) is 42.6 Å². The minimum absolute atomic E-state index is 0.0231. The Hall–Kier alpha value is -3.93. The van der Waals surface area contributed by atoms with Gasteiger partial charge in [-0.25, -0.2) is 17.9 Å². The molecule has 0 saturated heterocycles. The van der Waals surface area contributed by atoms with Gasteiger partial charge in [-0.15, -0.1) is 0 Å². The van der Waals surface area contributed by atoms with Crippen LogP contribution in [-0.4, -0.2) is 105 Å². The van der Waals surface area contributed by atoms with Crippen molar-refractivity contribution in [2.24, 2.45) is 11.8 Å². The Morgan fingerprint density at radius 2 is 1.40 bits per heavy atom. The Labute approximate surface area is 286 Å². The molecule has 0 fully saturated rings. The van der Waals surface area contributed by atoms with E-state index < -0.39 is 82.9 Å². The second kappa shape index (κ2) is 18.0. The maximum atomic E-state index is 13.3. The number of carbonyl (C=O) groups is 5. The fourth-order valence-electron chi connectivity index (χ4n) is 4.78. The lowest BCUT2D eigenvalue weighted by Crippen LogP contribution is -2.60. The van der Waals surface area contributed by atoms with E-state index in [1.807, 2.05) is 25.1 Å². The quantitative estimate of drug-likeness (QED) is 0.0955. The zero-order valence-corrected chi connectivity index (χ0v) is 29.5. The first kappa shape index (κ1) is 40.2. The molecule has 2 aromatic rings. The van der Waals surface area contributed by atoms with Crippen LogP contribution in [0.2, 0.25) is 0 Å². The summed E-state index contributed by atoms with van der Waals surface area (Å²) in [6.07, 6.45) is 0.134. The Morgan fingerprint density at radius 3 is 1.94 bits per heavy atom. The lowest BCUT2D eigenvalue weighted by Gasteiger charge is -2.28. The minimum Gasteiger partial charge on any atom is -0.480 e. The summed E-state index contributed by atoms with van der Waals surface area (Å²) in [5.74, 6) is -5.39. The summed E-state index contributed by atoms with van der Waals surface area (Å²) in [6.45, 7) is 5.33. The van der Waals surface area contributed by atoms with Gasteiger partial charge in [-0.05, 0) is 30.4 Å². The third-order valence-electron chi connectivity index (χ3n) is 7.27. The number of rotatable bonds is 18. The number of anilines is 1. The molecule has 0 bridgehead atoms. The second-order valence-corrected chi connectivity index (χ2v) is 14.3. The van der Waals surface area contributed by atoms with Crippen LogP contribution in [-0.2, 0) is 34.0 Å². The van der Waals surface area contributed by atoms with Crippen molar-refractivity contribution in [2.45, 2.75) is 63.2 Å². The first-order chi connectivity index (χ1) is 22.4. The van der Waals surface area contributed by atoms with E-state index in [2.05, 4.69) is 38.6 Å². The summed E-state index contributed by atoms with van der Waals surface area (Å²) in [4.78, 5) is 65.2. The van der Waals surface area contributed by atoms with E-state index in [0.717, 1.165) is 5.69 Å². The second-order valence-electron chi connectivity index (χ2n) is 12.2. The van der Waals surface area contributed by atoms with Gasteiger partial charge in [0.25, 0.3) is 0 Å². The molecule has 4 amide bonds. The average Bonchev–Trinajstić information content (AvgIpc) is 3.02. The normalized spacial score (nSPS) is 14.1. The SMILES string of the molecule is CC(C)C[C@H](NC(=O)[C@@H](NC(=O)[C@H](CS)NC(=O)CNS(=O)(=O)c1cccc2c(N(C)C)cccc12)C(C)C)C(=O)N[C@@H](CO)C(=O)O. The fraction of sp³-hybridized carbons (Fsp3) is 0.516. The van der Waals surface area contributed by atoms with Crippen molar-refractivity contribution < 1.29 is 42.6 Å². The predicted molar refractivity (Wildman–Crippen MR) is 184 cm³/mol. The van der Waals surface area contributed by atoms with Crippen molar-refractivity contribution in [3.8, 4) is 0 Å². The van der Waals surface area contributed by atoms with Crippen molar-refractivity contribution in [3.05, 3.63) is 36.4 Å². The largest absolute Gasteiger partial charge is 0.480 e. The first-order valence-corrected chi connectivity index (χ1v) is 17.4. The molecule has 15 nitrogen and oxygen atoms in total. The number of carboxylic acid groups (broad SMARTS) is 1. The Morgan fingerprint density at radius 1 is 0.812 bits per heavy atom. The molecule has 0 unspecified atom stereocenters. The molecular weight excluding hydrogens is 665 g/mol. The van der Waals surface area contributed by atoms with Crippen LogP contribution in [0, 0.1) is 11.8 Å². The van der Waals surface area contributed by atoms with Gasteiger partial charge in [-0.1, -0.05) is 52.0 Å². The highest BCUT2D eigenvalue weighted by Gasteiger charge is 2.33. The predicted octanol–water partition coefficient (Wildman–Crippen LogP) is -0.168. The smallest absolute Gasteiger partial charge is 0.328 e. The maximum absolute atomic E-state index is 13.3. The molecular formula is C31H46N6O9S2. The molecule has 7 N–H and O–H groups in total. The summed E-state index contributed by atoms with van der Waals surface area (Å²) < 4.78 is 28.7. The Bertz CT molecular complexity index is 1580. The zero-order valence-electron chi connectivity index (χ0n) is 27.8. The summed E-state index contributed by atoms with van der Waals surface area (Å²) in [7, 11) is -0.478. The van der Waals surface area contributed by atoms with E-state index in [4.69, 9.17) is 0 Å². The number of nitrogens with zero attached hydrogens (tertiary/aromatic N) is 1. The highest BCUT2D eigenvalue weighted by Crippen LogP contribution is 2.30. The molecule has 48 heavy (non-hydrogen) atoms. The molecule has 2 aromatic carbocycles. The van der Waals surface area contributed by atoms with Gasteiger partial charge in [0.1, 0.15) is 24.2 Å². The van der Waals surface area contributed by atoms with Gasteiger partial charge in [0.2, 0.25) is 33.7 Å². The highest BCUT2D eigenvalue weighted by molar-refractivity contribution is 7.89. The van der Waals surface area contributed by atoms with Gasteiger partial charge in [-0.3, -0.25) is 19.2 Å². The molecule has 17 heteroatoms. The highest BCUT2D eigenvalue weighted by atomic mass is 32.2. The van der Waals surface area contributed by atoms with Crippen LogP contribution in [0.1, 0.15) is 34.1 Å². The number of thiol groups is 1. The lowest BCUT2D eigenvalue weighted by molar-refractivity contribution is -0.143. The summed E-state index contributed by atoms with van der Waals surface area (Å²) in [5.41, 5.74) is 0.811. The van der Waals surface area contributed by atoms with E-state index >= 15 is 0 Å². The molecule has 0 heterocycles. The number of aliphatic carboxylic acids is 1. The summed E-state index contributed by atoms with van der Waals surface area (Å²) in [5, 5.41) is 29.3. The molecule has 0 aliphatic heterocycles. The Kier molecular flexibility index (Phi) is 15.1. The third-order valence-corrected chi connectivity index (χ3v) is 9.10. The molecule has 0 saturated carbocycles. The number of amides is 4. The number of benzene rings is 2. The zero-order chi connectivity index (χ0) is 36.3. The van der Waals surface area contributed by atoms with Gasteiger partial charge < -0.3 is 36.4 Å². The standard InChI is InChI=1S/C31H46N6O9S2/c1-17(2)13-21(28(40)35-22(15-38)31(43)44)34-30(42)27(18(3)4)36-29(41)23(16-47)33-26(39)14-32-48(45,46)25-12-8-9-19-20(25)10-7-11-24(19)37(5)6/h7-12,17-18,21-23,27,32,38,47H,13-16H2,1-6H3,(H,33,39)(H,34,42)(H,35,40)(H,36,41)(H,43,44)/t21-,22-,23-,27-/m0/s1. The first-order valence-electron chi connectivity index (χ1n) is 15.3. The maximum Gasteiger partial charge on any atom is 0.328 e. The molecule has 0 radical (unpaired) electrons. The van der Waals surface area contributed by atoms with Gasteiger partial charge in [0.15, 0.2) is 0 Å². The fourth-order valence-corrected chi connectivity index (χ4v) is 6.24. The van der Waals surface area contributed by atoms with Crippen molar-refractivity contribution in [1.82, 2.24) is 26.0 Å². The van der Waals surface area contributed by atoms with Crippen LogP contribution >= 0.6 is 12.6 Å². The number of hydrogen-bond donors (Lipinski definition) is 8. The number of carboxylic acids is 1. The van der Waals surface area contributed by atoms with Crippen molar-refractivity contribution in [1.29, 1.82) is 0 Å². The average molecular weight is 711 g/mol. The van der Waals surface area contributed by atoms with Gasteiger partial charge >= 0.3 is 5.97 Å². The number of sulfonamides is 1. The minimum atomic E-state index is -4.15. The molecule has 0 spiro atoms. The number of carbonyl (C=O) groups excluding carboxylic acids is 4. The van der Waals surface area contributed by atoms with E-state index in [-0.39, 0.29) is 23.0 Å². The van der Waals surface area contributed by atoms with E-state index in [0.29, 0.717) is 10.8 Å². The van der Waals surface area contributed by atoms with Gasteiger partial charge in [-0.2, -0.15) is 12.6 Å². The number of aliphatic hydroxyl groups excluding tert-OH is 1. The summed E-state index contributed by atoms with van der Waals surface area (Å²) >= 11 is 4.14. The molecule has 4 atom stereocenters. The molecule has 0 aromatic heterocycles. The third kappa shape index (κ3) is 11.1. The Balaban J connectivity index is 2.12. The number of hydrogen-bond acceptors (Lipinski definition) is 10. The van der Waals surface area contributed by atoms with Crippen LogP contribution in [0.4, 0.5) is 5.69 Å². The van der Waals surface area contributed by atoms with E-state index in [1.165, 1.54) is 6.07 Å². The van der Waals surface area contributed by atoms with E-state index in [1.54, 1.807) is 52.0 Å². The van der Waals surface area contributed by atoms with Crippen LogP contribution < -0.4 is 30.9 Å². The van der Waals surface area contributed by atoms with Crippen LogP contribution in [0.5, 0.6) is 0 Å². The topological polar surface area (TPSA) is 223 Å². The molecule has 0 aliphatic rings. The van der Waals surface area contributed by atoms with Crippen LogP contribution in [0.3, 0.4) is 0 Å². The molecule has 0 aliphatic carbocycles. The number of aliphatic hydroxyl groups is 1. The van der Waals surface area contributed by atoms with Gasteiger partial charge in [0.05, 0.1) is 18.0 Å². The monoisotopic (exact) mass is 710 g/mol. The van der Waals surface area contributed by atoms with Crippen molar-refractivity contribution >= 4 is 68.7 Å².